The molecule has 0 spiro atoms. The van der Waals surface area contributed by atoms with Gasteiger partial charge in [-0.3, -0.25) is 0 Å². The number of benzene rings is 1. The summed E-state index contributed by atoms with van der Waals surface area (Å²) >= 11 is 5.64. The van der Waals surface area contributed by atoms with Gasteiger partial charge in [0.25, 0.3) is 0 Å². The Kier molecular flexibility index (Phi) is 6.19. The van der Waals surface area contributed by atoms with Gasteiger partial charge in [-0.25, -0.2) is 21.9 Å². The minimum atomic E-state index is -4.16. The van der Waals surface area contributed by atoms with Crippen LogP contribution < -0.4 is 0 Å². The molecule has 1 fully saturated rings. The standard InChI is InChI=1S/C15H19ClFNO5S/c1-18(6-5-10-4-2-3-7-23-10)24(21,22)14-8-11(15(19)20)12(16)9-13(14)17/h8-10H,2-7H2,1H3,(H,19,20). The fourth-order valence-corrected chi connectivity index (χ4v) is 4.02. The predicted molar refractivity (Wildman–Crippen MR) is 86.4 cm³/mol. The Morgan fingerprint density at radius 1 is 1.46 bits per heavy atom. The summed E-state index contributed by atoms with van der Waals surface area (Å²) in [6.07, 6.45) is 3.39. The van der Waals surface area contributed by atoms with E-state index in [1.165, 1.54) is 7.05 Å². The molecule has 1 N–H and O–H groups in total. The SMILES string of the molecule is CN(CCC1CCCCO1)S(=O)(=O)c1cc(C(=O)O)c(Cl)cc1F. The minimum absolute atomic E-state index is 0.0129. The zero-order valence-electron chi connectivity index (χ0n) is 13.2. The summed E-state index contributed by atoms with van der Waals surface area (Å²) in [5.74, 6) is -2.50. The number of aromatic carboxylic acids is 1. The first kappa shape index (κ1) is 19.1. The van der Waals surface area contributed by atoms with Crippen molar-refractivity contribution in [1.29, 1.82) is 0 Å². The van der Waals surface area contributed by atoms with E-state index in [9.17, 15) is 17.6 Å². The molecule has 1 saturated heterocycles. The lowest BCUT2D eigenvalue weighted by atomic mass is 10.1. The van der Waals surface area contributed by atoms with Gasteiger partial charge in [0.1, 0.15) is 10.7 Å². The fraction of sp³-hybridized carbons (Fsp3) is 0.533. The van der Waals surface area contributed by atoms with Crippen LogP contribution in [-0.4, -0.2) is 50.1 Å². The maximum Gasteiger partial charge on any atom is 0.337 e. The van der Waals surface area contributed by atoms with Crippen molar-refractivity contribution < 1.29 is 27.4 Å². The van der Waals surface area contributed by atoms with Crippen LogP contribution in [0.4, 0.5) is 4.39 Å². The highest BCUT2D eigenvalue weighted by Gasteiger charge is 2.28. The van der Waals surface area contributed by atoms with Gasteiger partial charge in [-0.05, 0) is 37.8 Å². The van der Waals surface area contributed by atoms with Crippen LogP contribution >= 0.6 is 11.6 Å². The Morgan fingerprint density at radius 2 is 2.17 bits per heavy atom. The van der Waals surface area contributed by atoms with E-state index in [1.54, 1.807) is 0 Å². The number of carboxylic acids is 1. The first-order valence-electron chi connectivity index (χ1n) is 7.53. The van der Waals surface area contributed by atoms with Crippen LogP contribution in [0.25, 0.3) is 0 Å². The number of carboxylic acid groups (broad SMARTS) is 1. The van der Waals surface area contributed by atoms with Gasteiger partial charge in [-0.1, -0.05) is 11.6 Å². The molecule has 1 aromatic carbocycles. The zero-order chi connectivity index (χ0) is 17.9. The molecule has 0 bridgehead atoms. The number of rotatable bonds is 6. The van der Waals surface area contributed by atoms with Gasteiger partial charge < -0.3 is 9.84 Å². The Balaban J connectivity index is 2.19. The van der Waals surface area contributed by atoms with E-state index in [0.717, 1.165) is 29.6 Å². The molecule has 9 heteroatoms. The fourth-order valence-electron chi connectivity index (χ4n) is 2.54. The summed E-state index contributed by atoms with van der Waals surface area (Å²) < 4.78 is 45.6. The second-order valence-electron chi connectivity index (χ2n) is 5.67. The Bertz CT molecular complexity index is 719. The van der Waals surface area contributed by atoms with Crippen molar-refractivity contribution in [2.75, 3.05) is 20.2 Å². The van der Waals surface area contributed by atoms with Crippen molar-refractivity contribution in [2.24, 2.45) is 0 Å². The molecule has 1 aliphatic heterocycles. The first-order chi connectivity index (χ1) is 11.2. The molecule has 1 atom stereocenters. The third-order valence-electron chi connectivity index (χ3n) is 3.98. The second kappa shape index (κ2) is 7.77. The summed E-state index contributed by atoms with van der Waals surface area (Å²) in [5, 5.41) is 8.68. The van der Waals surface area contributed by atoms with Crippen molar-refractivity contribution in [1.82, 2.24) is 4.31 Å². The van der Waals surface area contributed by atoms with Crippen LogP contribution in [0.15, 0.2) is 17.0 Å². The van der Waals surface area contributed by atoms with E-state index in [4.69, 9.17) is 21.4 Å². The highest BCUT2D eigenvalue weighted by Crippen LogP contribution is 2.26. The lowest BCUT2D eigenvalue weighted by Crippen LogP contribution is -2.32. The van der Waals surface area contributed by atoms with Crippen molar-refractivity contribution in [2.45, 2.75) is 36.7 Å². The molecule has 0 saturated carbocycles. The van der Waals surface area contributed by atoms with Crippen molar-refractivity contribution in [3.05, 3.63) is 28.5 Å². The van der Waals surface area contributed by atoms with Gasteiger partial charge >= 0.3 is 5.97 Å². The smallest absolute Gasteiger partial charge is 0.337 e. The molecule has 1 heterocycles. The summed E-state index contributed by atoms with van der Waals surface area (Å²) in [6, 6.07) is 1.46. The largest absolute Gasteiger partial charge is 0.478 e. The van der Waals surface area contributed by atoms with Crippen LogP contribution in [-0.2, 0) is 14.8 Å². The van der Waals surface area contributed by atoms with Gasteiger partial charge in [0.2, 0.25) is 10.0 Å². The van der Waals surface area contributed by atoms with E-state index < -0.39 is 32.3 Å². The van der Waals surface area contributed by atoms with Crippen molar-refractivity contribution >= 4 is 27.6 Å². The Hall–Kier alpha value is -1.22. The molecular weight excluding hydrogens is 361 g/mol. The molecule has 0 radical (unpaired) electrons. The summed E-state index contributed by atoms with van der Waals surface area (Å²) in [7, 11) is -2.84. The second-order valence-corrected chi connectivity index (χ2v) is 8.09. The quantitative estimate of drug-likeness (QED) is 0.821. The molecule has 0 amide bonds. The average Bonchev–Trinajstić information content (AvgIpc) is 2.52. The van der Waals surface area contributed by atoms with Crippen LogP contribution in [0.2, 0.25) is 5.02 Å². The highest BCUT2D eigenvalue weighted by atomic mass is 35.5. The number of nitrogens with zero attached hydrogens (tertiary/aromatic N) is 1. The minimum Gasteiger partial charge on any atom is -0.478 e. The number of carbonyl (C=O) groups is 1. The molecule has 0 aliphatic carbocycles. The van der Waals surface area contributed by atoms with Crippen molar-refractivity contribution in [3.8, 4) is 0 Å². The number of hydrogen-bond acceptors (Lipinski definition) is 4. The monoisotopic (exact) mass is 379 g/mol. The van der Waals surface area contributed by atoms with E-state index >= 15 is 0 Å². The topological polar surface area (TPSA) is 83.9 Å². The zero-order valence-corrected chi connectivity index (χ0v) is 14.7. The number of hydrogen-bond donors (Lipinski definition) is 1. The molecule has 6 nitrogen and oxygen atoms in total. The summed E-state index contributed by atoms with van der Waals surface area (Å²) in [5.41, 5.74) is -0.458. The third-order valence-corrected chi connectivity index (χ3v) is 6.16. The predicted octanol–water partition coefficient (Wildman–Crippen LogP) is 2.76. The molecule has 0 aromatic heterocycles. The maximum absolute atomic E-state index is 14.0. The average molecular weight is 380 g/mol. The number of sulfonamides is 1. The van der Waals surface area contributed by atoms with Gasteiger partial charge in [-0.2, -0.15) is 0 Å². The summed E-state index contributed by atoms with van der Waals surface area (Å²) in [6.45, 7) is 0.812. The molecule has 134 valence electrons. The van der Waals surface area contributed by atoms with E-state index in [0.29, 0.717) is 19.1 Å². The maximum atomic E-state index is 14.0. The Labute approximate surface area is 145 Å². The van der Waals surface area contributed by atoms with Crippen LogP contribution in [0.3, 0.4) is 0 Å². The van der Waals surface area contributed by atoms with Gasteiger partial charge in [0.15, 0.2) is 0 Å². The van der Waals surface area contributed by atoms with Crippen LogP contribution in [0.5, 0.6) is 0 Å². The van der Waals surface area contributed by atoms with E-state index in [2.05, 4.69) is 0 Å². The normalized spacial score (nSPS) is 18.8. The number of halogens is 2. The number of ether oxygens (including phenoxy) is 1. The van der Waals surface area contributed by atoms with Gasteiger partial charge in [-0.15, -0.1) is 0 Å². The van der Waals surface area contributed by atoms with E-state index in [-0.39, 0.29) is 17.7 Å². The Morgan fingerprint density at radius 3 is 2.75 bits per heavy atom. The molecule has 24 heavy (non-hydrogen) atoms. The molecule has 1 aromatic rings. The summed E-state index contributed by atoms with van der Waals surface area (Å²) in [4.78, 5) is 10.4. The van der Waals surface area contributed by atoms with E-state index in [1.807, 2.05) is 0 Å². The molecular formula is C15H19ClFNO5S. The van der Waals surface area contributed by atoms with Crippen molar-refractivity contribution in [3.63, 3.8) is 0 Å². The lowest BCUT2D eigenvalue weighted by molar-refractivity contribution is 0.00950. The van der Waals surface area contributed by atoms with Crippen LogP contribution in [0, 0.1) is 5.82 Å². The lowest BCUT2D eigenvalue weighted by Gasteiger charge is -2.25. The highest BCUT2D eigenvalue weighted by molar-refractivity contribution is 7.89. The van der Waals surface area contributed by atoms with Crippen LogP contribution in [0.1, 0.15) is 36.0 Å². The third kappa shape index (κ3) is 4.24. The molecule has 1 aliphatic rings. The van der Waals surface area contributed by atoms with Gasteiger partial charge in [0, 0.05) is 20.2 Å². The first-order valence-corrected chi connectivity index (χ1v) is 9.35. The van der Waals surface area contributed by atoms with Gasteiger partial charge in [0.05, 0.1) is 16.7 Å². The molecule has 2 rings (SSSR count). The molecule has 1 unspecified atom stereocenters.